The zero-order valence-corrected chi connectivity index (χ0v) is 11.9. The SMILES string of the molecule is CN(Cc1ccsc1)c1nc2c(s1)CCCC2O. The van der Waals surface area contributed by atoms with E-state index in [0.717, 1.165) is 36.6 Å². The molecule has 1 N–H and O–H groups in total. The Morgan fingerprint density at radius 1 is 1.56 bits per heavy atom. The van der Waals surface area contributed by atoms with Crippen molar-refractivity contribution in [3.8, 4) is 0 Å². The zero-order chi connectivity index (χ0) is 12.5. The second kappa shape index (κ2) is 4.99. The van der Waals surface area contributed by atoms with Gasteiger partial charge >= 0.3 is 0 Å². The number of hydrogen-bond donors (Lipinski definition) is 1. The lowest BCUT2D eigenvalue weighted by Gasteiger charge is -2.15. The summed E-state index contributed by atoms with van der Waals surface area (Å²) in [5.41, 5.74) is 2.23. The van der Waals surface area contributed by atoms with Crippen molar-refractivity contribution in [2.45, 2.75) is 31.9 Å². The summed E-state index contributed by atoms with van der Waals surface area (Å²) in [6, 6.07) is 2.14. The summed E-state index contributed by atoms with van der Waals surface area (Å²) < 4.78 is 0. The number of aromatic nitrogens is 1. The molecule has 0 saturated heterocycles. The maximum Gasteiger partial charge on any atom is 0.185 e. The molecule has 18 heavy (non-hydrogen) atoms. The normalized spacial score (nSPS) is 18.7. The van der Waals surface area contributed by atoms with Crippen LogP contribution in [0.3, 0.4) is 0 Å². The highest BCUT2D eigenvalue weighted by Gasteiger charge is 2.23. The van der Waals surface area contributed by atoms with Crippen molar-refractivity contribution < 1.29 is 5.11 Å². The molecule has 0 amide bonds. The molecule has 1 atom stereocenters. The highest BCUT2D eigenvalue weighted by atomic mass is 32.1. The summed E-state index contributed by atoms with van der Waals surface area (Å²) >= 11 is 3.45. The number of rotatable bonds is 3. The second-order valence-electron chi connectivity index (χ2n) is 4.70. The van der Waals surface area contributed by atoms with Crippen LogP contribution in [0.25, 0.3) is 0 Å². The fourth-order valence-corrected chi connectivity index (χ4v) is 4.05. The summed E-state index contributed by atoms with van der Waals surface area (Å²) in [7, 11) is 2.06. The van der Waals surface area contributed by atoms with Gasteiger partial charge in [0, 0.05) is 18.5 Å². The lowest BCUT2D eigenvalue weighted by atomic mass is 10.0. The lowest BCUT2D eigenvalue weighted by molar-refractivity contribution is 0.153. The Hall–Kier alpha value is -0.910. The van der Waals surface area contributed by atoms with Crippen LogP contribution in [0, 0.1) is 0 Å². The van der Waals surface area contributed by atoms with Crippen molar-refractivity contribution in [2.24, 2.45) is 0 Å². The summed E-state index contributed by atoms with van der Waals surface area (Å²) in [4.78, 5) is 8.04. The van der Waals surface area contributed by atoms with Gasteiger partial charge in [-0.3, -0.25) is 0 Å². The van der Waals surface area contributed by atoms with Gasteiger partial charge in [0.25, 0.3) is 0 Å². The van der Waals surface area contributed by atoms with Gasteiger partial charge in [0.15, 0.2) is 5.13 Å². The third-order valence-corrected chi connectivity index (χ3v) is 5.22. The first-order chi connectivity index (χ1) is 8.74. The molecule has 2 aromatic rings. The van der Waals surface area contributed by atoms with Gasteiger partial charge in [-0.05, 0) is 41.7 Å². The highest BCUT2D eigenvalue weighted by Crippen LogP contribution is 2.36. The first-order valence-corrected chi connectivity index (χ1v) is 7.90. The first kappa shape index (κ1) is 12.1. The second-order valence-corrected chi connectivity index (χ2v) is 6.54. The van der Waals surface area contributed by atoms with Gasteiger partial charge in [-0.25, -0.2) is 4.98 Å². The standard InChI is InChI=1S/C13H16N2OS2/c1-15(7-9-5-6-17-8-9)13-14-12-10(16)3-2-4-11(12)18-13/h5-6,8,10,16H,2-4,7H2,1H3. The van der Waals surface area contributed by atoms with Crippen LogP contribution in [-0.4, -0.2) is 17.1 Å². The van der Waals surface area contributed by atoms with E-state index in [0.29, 0.717) is 0 Å². The van der Waals surface area contributed by atoms with Crippen LogP contribution in [0.4, 0.5) is 5.13 Å². The van der Waals surface area contributed by atoms with E-state index in [9.17, 15) is 5.11 Å². The molecule has 0 fully saturated rings. The van der Waals surface area contributed by atoms with Crippen LogP contribution in [0.15, 0.2) is 16.8 Å². The van der Waals surface area contributed by atoms with Crippen LogP contribution in [-0.2, 0) is 13.0 Å². The number of aryl methyl sites for hydroxylation is 1. The Morgan fingerprint density at radius 3 is 3.17 bits per heavy atom. The molecule has 0 spiro atoms. The van der Waals surface area contributed by atoms with E-state index in [4.69, 9.17) is 0 Å². The minimum absolute atomic E-state index is 0.353. The largest absolute Gasteiger partial charge is 0.387 e. The minimum Gasteiger partial charge on any atom is -0.387 e. The van der Waals surface area contributed by atoms with Crippen molar-refractivity contribution in [1.29, 1.82) is 0 Å². The van der Waals surface area contributed by atoms with Gasteiger partial charge in [-0.2, -0.15) is 11.3 Å². The summed E-state index contributed by atoms with van der Waals surface area (Å²) in [5.74, 6) is 0. The van der Waals surface area contributed by atoms with Gasteiger partial charge in [-0.15, -0.1) is 11.3 Å². The molecule has 2 heterocycles. The third-order valence-electron chi connectivity index (χ3n) is 3.24. The maximum absolute atomic E-state index is 9.94. The van der Waals surface area contributed by atoms with Crippen LogP contribution in [0.5, 0.6) is 0 Å². The number of aliphatic hydroxyl groups excluding tert-OH is 1. The number of aliphatic hydroxyl groups is 1. The van der Waals surface area contributed by atoms with Gasteiger partial charge < -0.3 is 10.0 Å². The molecule has 5 heteroatoms. The van der Waals surface area contributed by atoms with E-state index in [1.807, 2.05) is 0 Å². The molecule has 96 valence electrons. The molecule has 0 radical (unpaired) electrons. The molecule has 0 bridgehead atoms. The van der Waals surface area contributed by atoms with E-state index in [2.05, 4.69) is 33.8 Å². The fraction of sp³-hybridized carbons (Fsp3) is 0.462. The van der Waals surface area contributed by atoms with Gasteiger partial charge in [0.2, 0.25) is 0 Å². The molecule has 0 aliphatic heterocycles. The van der Waals surface area contributed by atoms with Crippen molar-refractivity contribution >= 4 is 27.8 Å². The van der Waals surface area contributed by atoms with Crippen molar-refractivity contribution in [1.82, 2.24) is 4.98 Å². The lowest BCUT2D eigenvalue weighted by Crippen LogP contribution is -2.15. The zero-order valence-electron chi connectivity index (χ0n) is 10.3. The van der Waals surface area contributed by atoms with Gasteiger partial charge in [-0.1, -0.05) is 0 Å². The smallest absolute Gasteiger partial charge is 0.185 e. The van der Waals surface area contributed by atoms with E-state index < -0.39 is 0 Å². The summed E-state index contributed by atoms with van der Waals surface area (Å²) in [6.07, 6.45) is 2.64. The van der Waals surface area contributed by atoms with Crippen LogP contribution in [0.2, 0.25) is 0 Å². The maximum atomic E-state index is 9.94. The molecule has 2 aromatic heterocycles. The predicted octanol–water partition coefficient (Wildman–Crippen LogP) is 3.21. The number of thiophene rings is 1. The molecule has 1 unspecified atom stereocenters. The quantitative estimate of drug-likeness (QED) is 0.938. The van der Waals surface area contributed by atoms with E-state index in [-0.39, 0.29) is 6.10 Å². The molecule has 1 aliphatic rings. The summed E-state index contributed by atoms with van der Waals surface area (Å²) in [5, 5.41) is 15.2. The molecule has 0 aromatic carbocycles. The predicted molar refractivity (Wildman–Crippen MR) is 76.4 cm³/mol. The number of thiazole rings is 1. The number of fused-ring (bicyclic) bond motifs is 1. The van der Waals surface area contributed by atoms with Gasteiger partial charge in [0.1, 0.15) is 0 Å². The Bertz CT molecular complexity index is 521. The highest BCUT2D eigenvalue weighted by molar-refractivity contribution is 7.15. The first-order valence-electron chi connectivity index (χ1n) is 6.14. The number of anilines is 1. The fourth-order valence-electron chi connectivity index (χ4n) is 2.27. The minimum atomic E-state index is -0.353. The van der Waals surface area contributed by atoms with Crippen LogP contribution in [0.1, 0.15) is 35.1 Å². The number of nitrogens with zero attached hydrogens (tertiary/aromatic N) is 2. The molecule has 3 rings (SSSR count). The van der Waals surface area contributed by atoms with Gasteiger partial charge in [0.05, 0.1) is 11.8 Å². The third kappa shape index (κ3) is 2.30. The Labute approximate surface area is 115 Å². The topological polar surface area (TPSA) is 36.4 Å². The van der Waals surface area contributed by atoms with E-state index in [1.165, 1.54) is 10.4 Å². The van der Waals surface area contributed by atoms with Crippen LogP contribution >= 0.6 is 22.7 Å². The Kier molecular flexibility index (Phi) is 3.37. The molecular formula is C13H16N2OS2. The Morgan fingerprint density at radius 2 is 2.44 bits per heavy atom. The van der Waals surface area contributed by atoms with E-state index >= 15 is 0 Å². The average molecular weight is 280 g/mol. The monoisotopic (exact) mass is 280 g/mol. The molecular weight excluding hydrogens is 264 g/mol. The summed E-state index contributed by atoms with van der Waals surface area (Å²) in [6.45, 7) is 0.881. The van der Waals surface area contributed by atoms with Crippen LogP contribution < -0.4 is 4.90 Å². The number of hydrogen-bond acceptors (Lipinski definition) is 5. The molecule has 1 aliphatic carbocycles. The van der Waals surface area contributed by atoms with Crippen molar-refractivity contribution in [3.63, 3.8) is 0 Å². The molecule has 0 saturated carbocycles. The van der Waals surface area contributed by atoms with Crippen molar-refractivity contribution in [2.75, 3.05) is 11.9 Å². The Balaban J connectivity index is 1.80. The van der Waals surface area contributed by atoms with E-state index in [1.54, 1.807) is 22.7 Å². The molecule has 3 nitrogen and oxygen atoms in total. The van der Waals surface area contributed by atoms with Crippen molar-refractivity contribution in [3.05, 3.63) is 33.0 Å². The average Bonchev–Trinajstić information content (AvgIpc) is 2.97.